The lowest BCUT2D eigenvalue weighted by Gasteiger charge is -1.93. The predicted octanol–water partition coefficient (Wildman–Crippen LogP) is 1.22. The molecule has 0 atom stereocenters. The number of thiazole rings is 1. The number of rotatable bonds is 4. The van der Waals surface area contributed by atoms with Crippen molar-refractivity contribution in [1.82, 2.24) is 4.98 Å². The highest BCUT2D eigenvalue weighted by Gasteiger charge is 2.07. The molecule has 0 amide bonds. The average molecular weight is 198 g/mol. The highest BCUT2D eigenvalue weighted by atomic mass is 32.1. The van der Waals surface area contributed by atoms with Crippen molar-refractivity contribution in [3.8, 4) is 0 Å². The number of hydrogen-bond donors (Lipinski definition) is 1. The van der Waals surface area contributed by atoms with E-state index in [-0.39, 0.29) is 5.78 Å². The first-order valence-corrected chi connectivity index (χ1v) is 5.09. The van der Waals surface area contributed by atoms with Gasteiger partial charge in [0.15, 0.2) is 0 Å². The first-order valence-electron chi connectivity index (χ1n) is 4.28. The summed E-state index contributed by atoms with van der Waals surface area (Å²) in [5.41, 5.74) is 6.31. The zero-order valence-corrected chi connectivity index (χ0v) is 8.78. The summed E-state index contributed by atoms with van der Waals surface area (Å²) in [6.07, 6.45) is 0.897. The van der Waals surface area contributed by atoms with Crippen LogP contribution in [0.3, 0.4) is 0 Å². The Bertz CT molecular complexity index is 287. The van der Waals surface area contributed by atoms with Crippen molar-refractivity contribution in [3.05, 3.63) is 15.6 Å². The molecule has 1 aromatic heterocycles. The Morgan fingerprint density at radius 1 is 1.54 bits per heavy atom. The molecule has 0 spiro atoms. The van der Waals surface area contributed by atoms with Crippen molar-refractivity contribution in [3.63, 3.8) is 0 Å². The van der Waals surface area contributed by atoms with E-state index in [9.17, 15) is 4.79 Å². The standard InChI is InChI=1S/C9H14N2OS/c1-6-7(2)13-9(11-6)5-8(12)3-4-10/h3-5,10H2,1-2H3. The second-order valence-corrected chi connectivity index (χ2v) is 4.29. The summed E-state index contributed by atoms with van der Waals surface area (Å²) in [6, 6.07) is 0. The van der Waals surface area contributed by atoms with Crippen molar-refractivity contribution < 1.29 is 4.79 Å². The van der Waals surface area contributed by atoms with Crippen LogP contribution in [0.5, 0.6) is 0 Å². The zero-order chi connectivity index (χ0) is 9.84. The summed E-state index contributed by atoms with van der Waals surface area (Å²) >= 11 is 1.60. The van der Waals surface area contributed by atoms with Crippen molar-refractivity contribution in [2.45, 2.75) is 26.7 Å². The molecule has 0 aliphatic rings. The Morgan fingerprint density at radius 3 is 2.69 bits per heavy atom. The number of hydrogen-bond acceptors (Lipinski definition) is 4. The van der Waals surface area contributed by atoms with Gasteiger partial charge in [-0.3, -0.25) is 4.79 Å². The molecule has 1 heterocycles. The van der Waals surface area contributed by atoms with Crippen LogP contribution in [0.2, 0.25) is 0 Å². The molecular formula is C9H14N2OS. The lowest BCUT2D eigenvalue weighted by atomic mass is 10.2. The summed E-state index contributed by atoms with van der Waals surface area (Å²) in [6.45, 7) is 4.41. The monoisotopic (exact) mass is 198 g/mol. The van der Waals surface area contributed by atoms with E-state index in [2.05, 4.69) is 4.98 Å². The molecule has 0 saturated carbocycles. The molecule has 1 aromatic rings. The van der Waals surface area contributed by atoms with Gasteiger partial charge in [-0.2, -0.15) is 0 Å². The van der Waals surface area contributed by atoms with Gasteiger partial charge in [0, 0.05) is 11.3 Å². The Kier molecular flexibility index (Phi) is 3.57. The minimum absolute atomic E-state index is 0.177. The van der Waals surface area contributed by atoms with Crippen molar-refractivity contribution in [1.29, 1.82) is 0 Å². The van der Waals surface area contributed by atoms with Gasteiger partial charge < -0.3 is 5.73 Å². The van der Waals surface area contributed by atoms with Crippen molar-refractivity contribution in [2.24, 2.45) is 5.73 Å². The molecule has 0 unspecified atom stereocenters. The number of aryl methyl sites for hydroxylation is 2. The molecule has 3 nitrogen and oxygen atoms in total. The Labute approximate surface area is 82.0 Å². The van der Waals surface area contributed by atoms with E-state index in [1.807, 2.05) is 13.8 Å². The number of nitrogens with zero attached hydrogens (tertiary/aromatic N) is 1. The van der Waals surface area contributed by atoms with Gasteiger partial charge in [-0.15, -0.1) is 11.3 Å². The van der Waals surface area contributed by atoms with Gasteiger partial charge in [-0.25, -0.2) is 4.98 Å². The van der Waals surface area contributed by atoms with E-state index >= 15 is 0 Å². The summed E-state index contributed by atoms with van der Waals surface area (Å²) in [7, 11) is 0. The maximum Gasteiger partial charge on any atom is 0.140 e. The summed E-state index contributed by atoms with van der Waals surface area (Å²) < 4.78 is 0. The Morgan fingerprint density at radius 2 is 2.23 bits per heavy atom. The van der Waals surface area contributed by atoms with Crippen LogP contribution in [0.4, 0.5) is 0 Å². The fourth-order valence-electron chi connectivity index (χ4n) is 1.03. The number of nitrogens with two attached hydrogens (primary N) is 1. The van der Waals surface area contributed by atoms with Gasteiger partial charge in [-0.05, 0) is 20.4 Å². The molecule has 0 aromatic carbocycles. The van der Waals surface area contributed by atoms with Crippen LogP contribution in [0.25, 0.3) is 0 Å². The molecular weight excluding hydrogens is 184 g/mol. The lowest BCUT2D eigenvalue weighted by molar-refractivity contribution is -0.118. The Hall–Kier alpha value is -0.740. The molecule has 0 aliphatic heterocycles. The van der Waals surface area contributed by atoms with Crippen LogP contribution in [0.1, 0.15) is 22.0 Å². The molecule has 0 bridgehead atoms. The number of carbonyl (C=O) groups excluding carboxylic acids is 1. The van der Waals surface area contributed by atoms with Crippen LogP contribution in [0.15, 0.2) is 0 Å². The second-order valence-electron chi connectivity index (χ2n) is 3.00. The van der Waals surface area contributed by atoms with Gasteiger partial charge >= 0.3 is 0 Å². The fraction of sp³-hybridized carbons (Fsp3) is 0.556. The first kappa shape index (κ1) is 10.3. The second kappa shape index (κ2) is 4.48. The van der Waals surface area contributed by atoms with Gasteiger partial charge in [0.05, 0.1) is 12.1 Å². The molecule has 72 valence electrons. The van der Waals surface area contributed by atoms with Crippen LogP contribution in [0, 0.1) is 13.8 Å². The summed E-state index contributed by atoms with van der Waals surface area (Å²) in [4.78, 5) is 16.7. The van der Waals surface area contributed by atoms with E-state index in [4.69, 9.17) is 5.73 Å². The third-order valence-corrected chi connectivity index (χ3v) is 2.92. The van der Waals surface area contributed by atoms with E-state index < -0.39 is 0 Å². The number of carbonyl (C=O) groups is 1. The highest BCUT2D eigenvalue weighted by molar-refractivity contribution is 7.11. The molecule has 0 aliphatic carbocycles. The minimum atomic E-state index is 0.177. The van der Waals surface area contributed by atoms with Gasteiger partial charge in [0.1, 0.15) is 10.8 Å². The lowest BCUT2D eigenvalue weighted by Crippen LogP contribution is -2.09. The zero-order valence-electron chi connectivity index (χ0n) is 7.96. The van der Waals surface area contributed by atoms with Crippen molar-refractivity contribution in [2.75, 3.05) is 6.54 Å². The molecule has 4 heteroatoms. The van der Waals surface area contributed by atoms with Crippen molar-refractivity contribution >= 4 is 17.1 Å². The van der Waals surface area contributed by atoms with Gasteiger partial charge in [-0.1, -0.05) is 0 Å². The number of ketones is 1. The SMILES string of the molecule is Cc1nc(CC(=O)CCN)sc1C. The quantitative estimate of drug-likeness (QED) is 0.791. The number of Topliss-reactive ketones (excluding diaryl/α,β-unsaturated/α-hetero) is 1. The molecule has 1 rings (SSSR count). The van der Waals surface area contributed by atoms with Gasteiger partial charge in [0.25, 0.3) is 0 Å². The number of aromatic nitrogens is 1. The first-order chi connectivity index (χ1) is 6.13. The Balaban J connectivity index is 2.59. The van der Waals surface area contributed by atoms with E-state index in [0.717, 1.165) is 10.7 Å². The topological polar surface area (TPSA) is 56.0 Å². The maximum atomic E-state index is 11.2. The fourth-order valence-corrected chi connectivity index (χ4v) is 2.00. The largest absolute Gasteiger partial charge is 0.330 e. The normalized spacial score (nSPS) is 10.4. The minimum Gasteiger partial charge on any atom is -0.330 e. The van der Waals surface area contributed by atoms with E-state index in [1.54, 1.807) is 11.3 Å². The van der Waals surface area contributed by atoms with Crippen LogP contribution < -0.4 is 5.73 Å². The smallest absolute Gasteiger partial charge is 0.140 e. The molecule has 0 fully saturated rings. The molecule has 0 saturated heterocycles. The summed E-state index contributed by atoms with van der Waals surface area (Å²) in [5, 5.41) is 0.911. The highest BCUT2D eigenvalue weighted by Crippen LogP contribution is 2.17. The molecule has 2 N–H and O–H groups in total. The average Bonchev–Trinajstić information content (AvgIpc) is 2.31. The van der Waals surface area contributed by atoms with Crippen LogP contribution >= 0.6 is 11.3 Å². The van der Waals surface area contributed by atoms with E-state index in [1.165, 1.54) is 4.88 Å². The van der Waals surface area contributed by atoms with Gasteiger partial charge in [0.2, 0.25) is 0 Å². The van der Waals surface area contributed by atoms with E-state index in [0.29, 0.717) is 19.4 Å². The predicted molar refractivity (Wildman–Crippen MR) is 54.0 cm³/mol. The summed E-state index contributed by atoms with van der Waals surface area (Å²) in [5.74, 6) is 0.177. The molecule has 0 radical (unpaired) electrons. The maximum absolute atomic E-state index is 11.2. The van der Waals surface area contributed by atoms with Crippen LogP contribution in [-0.4, -0.2) is 17.3 Å². The third kappa shape index (κ3) is 2.90. The third-order valence-electron chi connectivity index (χ3n) is 1.84. The van der Waals surface area contributed by atoms with Crippen LogP contribution in [-0.2, 0) is 11.2 Å². The molecule has 13 heavy (non-hydrogen) atoms.